The molecule has 2 saturated heterocycles. The van der Waals surface area contributed by atoms with E-state index in [1.54, 1.807) is 13.5 Å². The molecule has 2 heterocycles. The molecule has 0 aromatic rings. The van der Waals surface area contributed by atoms with E-state index in [2.05, 4.69) is 0 Å². The average Bonchev–Trinajstić information content (AvgIpc) is 2.91. The van der Waals surface area contributed by atoms with Crippen molar-refractivity contribution in [3.8, 4) is 0 Å². The third kappa shape index (κ3) is 8.10. The van der Waals surface area contributed by atoms with Crippen molar-refractivity contribution in [1.82, 2.24) is 0 Å². The first-order valence-corrected chi connectivity index (χ1v) is 13.9. The first kappa shape index (κ1) is 33.1. The Morgan fingerprint density at radius 3 is 1.89 bits per heavy atom. The molecule has 2 aliphatic carbocycles. The molecule has 12 heteroatoms. The van der Waals surface area contributed by atoms with E-state index < -0.39 is 80.2 Å². The van der Waals surface area contributed by atoms with Crippen LogP contribution >= 0.6 is 0 Å². The Labute approximate surface area is 247 Å². The van der Waals surface area contributed by atoms with Crippen LogP contribution < -0.4 is 29.6 Å². The molecule has 216 valence electrons. The van der Waals surface area contributed by atoms with E-state index in [0.717, 1.165) is 32.1 Å². The molecule has 12 atom stereocenters. The number of hydrogen-bond acceptors (Lipinski definition) is 11. The van der Waals surface area contributed by atoms with Crippen molar-refractivity contribution in [2.75, 3.05) is 6.61 Å². The predicted octanol–water partition coefficient (Wildman–Crippen LogP) is -2.88. The Kier molecular flexibility index (Phi) is 13.7. The van der Waals surface area contributed by atoms with Crippen molar-refractivity contribution < 1.29 is 83.9 Å². The van der Waals surface area contributed by atoms with E-state index in [1.807, 2.05) is 0 Å². The average molecular weight is 557 g/mol. The van der Waals surface area contributed by atoms with E-state index in [4.69, 9.17) is 23.7 Å². The molecular formula is C26H45NaO11. The second kappa shape index (κ2) is 15.7. The third-order valence-corrected chi connectivity index (χ3v) is 8.30. The molecule has 0 radical (unpaired) electrons. The fourth-order valence-corrected chi connectivity index (χ4v) is 5.90. The molecule has 4 rings (SSSR count). The van der Waals surface area contributed by atoms with Crippen molar-refractivity contribution in [3.63, 3.8) is 0 Å². The fraction of sp³-hybridized carbons (Fsp3) is 0.962. The summed E-state index contributed by atoms with van der Waals surface area (Å²) in [5.41, 5.74) is 0. The maximum atomic E-state index is 11.0. The van der Waals surface area contributed by atoms with Crippen molar-refractivity contribution in [3.05, 3.63) is 6.61 Å². The van der Waals surface area contributed by atoms with Crippen LogP contribution in [0.2, 0.25) is 0 Å². The standard InChI is InChI=1S/C26H45O11.Na/c1-14-19(28)21(30)22(31)25(34-14)35-16-9-5-6-10-17(16)36-26-23(32)24(20(29)18(13-27)37-26)33-12-11-15-7-3-2-4-8-15;/h12,14-32H,2-11,13H2,1H3;/q-1;+1. The smallest absolute Gasteiger partial charge is 0.546 e. The summed E-state index contributed by atoms with van der Waals surface area (Å²) in [6.07, 6.45) is -3.21. The Morgan fingerprint density at radius 1 is 0.711 bits per heavy atom. The summed E-state index contributed by atoms with van der Waals surface area (Å²) in [6, 6.07) is 0. The van der Waals surface area contributed by atoms with Crippen molar-refractivity contribution >= 4 is 0 Å². The first-order valence-electron chi connectivity index (χ1n) is 13.9. The third-order valence-electron chi connectivity index (χ3n) is 8.30. The maximum absolute atomic E-state index is 11.0. The molecule has 0 amide bonds. The van der Waals surface area contributed by atoms with Gasteiger partial charge in [0, 0.05) is 0 Å². The quantitative estimate of drug-likeness (QED) is 0.128. The van der Waals surface area contributed by atoms with E-state index in [1.165, 1.54) is 19.3 Å². The minimum absolute atomic E-state index is 0. The molecule has 2 saturated carbocycles. The normalized spacial score (nSPS) is 44.9. The fourth-order valence-electron chi connectivity index (χ4n) is 5.90. The largest absolute Gasteiger partial charge is 1.00 e. The summed E-state index contributed by atoms with van der Waals surface area (Å²) in [5, 5.41) is 61.9. The van der Waals surface area contributed by atoms with Crippen LogP contribution in [-0.4, -0.2) is 111 Å². The van der Waals surface area contributed by atoms with Crippen LogP contribution in [-0.2, 0) is 23.7 Å². The summed E-state index contributed by atoms with van der Waals surface area (Å²) in [6.45, 7) is 2.77. The summed E-state index contributed by atoms with van der Waals surface area (Å²) < 4.78 is 29.3. The molecule has 6 N–H and O–H groups in total. The topological polar surface area (TPSA) is 168 Å². The molecule has 0 bridgehead atoms. The molecule has 0 spiro atoms. The van der Waals surface area contributed by atoms with E-state index >= 15 is 0 Å². The molecule has 2 aliphatic heterocycles. The Balaban J connectivity index is 0.00000400. The molecule has 11 nitrogen and oxygen atoms in total. The second-order valence-electron chi connectivity index (χ2n) is 11.0. The minimum atomic E-state index is -1.43. The van der Waals surface area contributed by atoms with Gasteiger partial charge in [0.05, 0.1) is 31.0 Å². The van der Waals surface area contributed by atoms with E-state index in [-0.39, 0.29) is 29.6 Å². The SMILES string of the molecule is CC1OC(OC2CCCCC2OC2OC(CO)C(O)C(O[CH-]CC3CCCCC3)C2O)C(O)C(O)C1O.[Na+]. The van der Waals surface area contributed by atoms with Crippen LogP contribution in [0.25, 0.3) is 0 Å². The van der Waals surface area contributed by atoms with Gasteiger partial charge in [0.2, 0.25) is 0 Å². The monoisotopic (exact) mass is 556 g/mol. The van der Waals surface area contributed by atoms with Gasteiger partial charge in [0.25, 0.3) is 0 Å². The van der Waals surface area contributed by atoms with Gasteiger partial charge in [-0.2, -0.15) is 6.42 Å². The first-order chi connectivity index (χ1) is 17.8. The number of aliphatic hydroxyl groups is 6. The van der Waals surface area contributed by atoms with Crippen molar-refractivity contribution in [1.29, 1.82) is 0 Å². The molecule has 12 unspecified atom stereocenters. The zero-order chi connectivity index (χ0) is 26.5. The van der Waals surface area contributed by atoms with Crippen molar-refractivity contribution in [2.45, 2.75) is 145 Å². The maximum Gasteiger partial charge on any atom is 1.00 e. The number of aliphatic hydroxyl groups excluding tert-OH is 6. The van der Waals surface area contributed by atoms with Gasteiger partial charge in [-0.05, 0) is 19.8 Å². The predicted molar refractivity (Wildman–Crippen MR) is 129 cm³/mol. The zero-order valence-corrected chi connectivity index (χ0v) is 24.6. The Morgan fingerprint density at radius 2 is 1.29 bits per heavy atom. The summed E-state index contributed by atoms with van der Waals surface area (Å²) in [5.74, 6) is 0.531. The Hall–Kier alpha value is 0.560. The Bertz CT molecular complexity index is 684. The van der Waals surface area contributed by atoms with Crippen LogP contribution in [0.4, 0.5) is 0 Å². The molecule has 38 heavy (non-hydrogen) atoms. The van der Waals surface area contributed by atoms with Crippen LogP contribution in [0.15, 0.2) is 0 Å². The molecular weight excluding hydrogens is 511 g/mol. The number of rotatable bonds is 9. The minimum Gasteiger partial charge on any atom is -0.546 e. The molecule has 0 aromatic heterocycles. The van der Waals surface area contributed by atoms with Gasteiger partial charge in [-0.1, -0.05) is 50.9 Å². The van der Waals surface area contributed by atoms with Crippen LogP contribution in [0.3, 0.4) is 0 Å². The van der Waals surface area contributed by atoms with Gasteiger partial charge >= 0.3 is 29.6 Å². The summed E-state index contributed by atoms with van der Waals surface area (Å²) >= 11 is 0. The number of hydrogen-bond donors (Lipinski definition) is 6. The van der Waals surface area contributed by atoms with Gasteiger partial charge in [-0.25, -0.2) is 6.61 Å². The molecule has 0 aromatic carbocycles. The van der Waals surface area contributed by atoms with Gasteiger partial charge in [-0.3, -0.25) is 0 Å². The van der Waals surface area contributed by atoms with E-state index in [9.17, 15) is 30.6 Å². The van der Waals surface area contributed by atoms with Crippen molar-refractivity contribution in [2.24, 2.45) is 5.92 Å². The second-order valence-corrected chi connectivity index (χ2v) is 11.0. The number of ether oxygens (including phenoxy) is 5. The van der Waals surface area contributed by atoms with Gasteiger partial charge in [0.15, 0.2) is 12.6 Å². The molecule has 4 fully saturated rings. The van der Waals surface area contributed by atoms with Crippen LogP contribution in [0.1, 0.15) is 71.1 Å². The van der Waals surface area contributed by atoms with Gasteiger partial charge in [0.1, 0.15) is 36.6 Å². The van der Waals surface area contributed by atoms with Crippen LogP contribution in [0.5, 0.6) is 0 Å². The summed E-state index contributed by atoms with van der Waals surface area (Å²) in [7, 11) is 0. The zero-order valence-electron chi connectivity index (χ0n) is 22.6. The molecule has 4 aliphatic rings. The van der Waals surface area contributed by atoms with E-state index in [0.29, 0.717) is 18.8 Å². The summed E-state index contributed by atoms with van der Waals surface area (Å²) in [4.78, 5) is 0. The van der Waals surface area contributed by atoms with Gasteiger partial charge < -0.3 is 54.3 Å². The van der Waals surface area contributed by atoms with Gasteiger partial charge in [-0.15, -0.1) is 0 Å². The van der Waals surface area contributed by atoms with Crippen LogP contribution in [0, 0.1) is 12.5 Å².